The molecule has 0 aliphatic heterocycles. The lowest BCUT2D eigenvalue weighted by atomic mass is 10.2. The SMILES string of the molecule is C=Nc1ncccc1/C=C(\C)CN. The van der Waals surface area contributed by atoms with Crippen LogP contribution in [0.1, 0.15) is 12.5 Å². The van der Waals surface area contributed by atoms with Crippen LogP contribution in [0.2, 0.25) is 0 Å². The van der Waals surface area contributed by atoms with Gasteiger partial charge in [0.05, 0.1) is 0 Å². The molecule has 0 aliphatic carbocycles. The summed E-state index contributed by atoms with van der Waals surface area (Å²) in [6.45, 7) is 5.97. The van der Waals surface area contributed by atoms with Gasteiger partial charge in [-0.1, -0.05) is 11.6 Å². The average Bonchev–Trinajstić information content (AvgIpc) is 2.18. The van der Waals surface area contributed by atoms with Gasteiger partial charge in [0.1, 0.15) is 0 Å². The minimum absolute atomic E-state index is 0.547. The van der Waals surface area contributed by atoms with Gasteiger partial charge >= 0.3 is 0 Å². The molecule has 3 heteroatoms. The van der Waals surface area contributed by atoms with Crippen LogP contribution in [0.15, 0.2) is 28.9 Å². The number of pyridine rings is 1. The predicted molar refractivity (Wildman–Crippen MR) is 56.2 cm³/mol. The van der Waals surface area contributed by atoms with Crippen LogP contribution >= 0.6 is 0 Å². The van der Waals surface area contributed by atoms with Gasteiger partial charge in [-0.2, -0.15) is 0 Å². The summed E-state index contributed by atoms with van der Waals surface area (Å²) in [5, 5.41) is 0. The summed E-state index contributed by atoms with van der Waals surface area (Å²) in [4.78, 5) is 7.88. The van der Waals surface area contributed by atoms with Crippen molar-refractivity contribution < 1.29 is 0 Å². The highest BCUT2D eigenvalue weighted by Gasteiger charge is 1.96. The van der Waals surface area contributed by atoms with Crippen molar-refractivity contribution in [3.63, 3.8) is 0 Å². The van der Waals surface area contributed by atoms with Gasteiger partial charge in [0.2, 0.25) is 0 Å². The Hall–Kier alpha value is -1.48. The number of hydrogen-bond donors (Lipinski definition) is 1. The lowest BCUT2D eigenvalue weighted by molar-refractivity contribution is 1.15. The van der Waals surface area contributed by atoms with Gasteiger partial charge in [0.25, 0.3) is 0 Å². The molecule has 0 aromatic carbocycles. The van der Waals surface area contributed by atoms with Crippen LogP contribution < -0.4 is 5.73 Å². The molecule has 0 saturated heterocycles. The summed E-state index contributed by atoms with van der Waals surface area (Å²) in [5.74, 6) is 0.648. The number of hydrogen-bond acceptors (Lipinski definition) is 3. The third-order valence-electron chi connectivity index (χ3n) is 1.69. The zero-order chi connectivity index (χ0) is 9.68. The van der Waals surface area contributed by atoms with Crippen molar-refractivity contribution in [1.29, 1.82) is 0 Å². The second-order valence-corrected chi connectivity index (χ2v) is 2.77. The van der Waals surface area contributed by atoms with Crippen LogP contribution in [0.4, 0.5) is 5.82 Å². The number of nitrogens with two attached hydrogens (primary N) is 1. The van der Waals surface area contributed by atoms with Crippen molar-refractivity contribution in [3.8, 4) is 0 Å². The third-order valence-corrected chi connectivity index (χ3v) is 1.69. The number of aromatic nitrogens is 1. The Kier molecular flexibility index (Phi) is 3.34. The molecule has 0 bridgehead atoms. The molecule has 1 aromatic rings. The monoisotopic (exact) mass is 175 g/mol. The van der Waals surface area contributed by atoms with E-state index in [1.54, 1.807) is 6.20 Å². The number of aliphatic imine (C=N–C) groups is 1. The van der Waals surface area contributed by atoms with Crippen LogP contribution in [0.25, 0.3) is 6.08 Å². The largest absolute Gasteiger partial charge is 0.327 e. The molecular weight excluding hydrogens is 162 g/mol. The molecule has 0 spiro atoms. The Balaban J connectivity index is 3.06. The van der Waals surface area contributed by atoms with E-state index in [9.17, 15) is 0 Å². The van der Waals surface area contributed by atoms with Crippen molar-refractivity contribution in [1.82, 2.24) is 4.98 Å². The Bertz CT molecular complexity index is 329. The Labute approximate surface area is 78.0 Å². The first-order valence-corrected chi connectivity index (χ1v) is 4.07. The summed E-state index contributed by atoms with van der Waals surface area (Å²) < 4.78 is 0. The number of nitrogens with zero attached hydrogens (tertiary/aromatic N) is 2. The lowest BCUT2D eigenvalue weighted by Crippen LogP contribution is -1.99. The molecule has 0 fully saturated rings. The second kappa shape index (κ2) is 4.52. The zero-order valence-electron chi connectivity index (χ0n) is 7.70. The summed E-state index contributed by atoms with van der Waals surface area (Å²) in [6.07, 6.45) is 3.66. The molecule has 1 heterocycles. The summed E-state index contributed by atoms with van der Waals surface area (Å²) in [6, 6.07) is 3.81. The van der Waals surface area contributed by atoms with Gasteiger partial charge in [0, 0.05) is 18.3 Å². The molecule has 0 aliphatic rings. The molecule has 0 radical (unpaired) electrons. The zero-order valence-corrected chi connectivity index (χ0v) is 7.70. The van der Waals surface area contributed by atoms with E-state index in [0.717, 1.165) is 11.1 Å². The molecule has 0 atom stereocenters. The second-order valence-electron chi connectivity index (χ2n) is 2.77. The van der Waals surface area contributed by atoms with E-state index >= 15 is 0 Å². The molecule has 0 amide bonds. The predicted octanol–water partition coefficient (Wildman–Crippen LogP) is 1.78. The molecule has 2 N–H and O–H groups in total. The highest BCUT2D eigenvalue weighted by atomic mass is 14.9. The van der Waals surface area contributed by atoms with Crippen LogP contribution in [0.5, 0.6) is 0 Å². The summed E-state index contributed by atoms with van der Waals surface area (Å²) in [5.41, 5.74) is 7.53. The minimum Gasteiger partial charge on any atom is -0.327 e. The van der Waals surface area contributed by atoms with E-state index in [1.807, 2.05) is 25.1 Å². The van der Waals surface area contributed by atoms with Crippen molar-refractivity contribution in [3.05, 3.63) is 29.5 Å². The van der Waals surface area contributed by atoms with Gasteiger partial charge < -0.3 is 5.73 Å². The van der Waals surface area contributed by atoms with Crippen LogP contribution in [-0.2, 0) is 0 Å². The lowest BCUT2D eigenvalue weighted by Gasteiger charge is -1.99. The first-order chi connectivity index (χ1) is 6.27. The molecule has 0 unspecified atom stereocenters. The maximum atomic E-state index is 5.48. The average molecular weight is 175 g/mol. The van der Waals surface area contributed by atoms with Gasteiger partial charge in [-0.25, -0.2) is 9.98 Å². The van der Waals surface area contributed by atoms with E-state index in [-0.39, 0.29) is 0 Å². The molecule has 1 aromatic heterocycles. The third kappa shape index (κ3) is 2.49. The first kappa shape index (κ1) is 9.61. The molecule has 1 rings (SSSR count). The van der Waals surface area contributed by atoms with E-state index in [0.29, 0.717) is 12.4 Å². The molecular formula is C10H13N3. The standard InChI is InChI=1S/C10H13N3/c1-8(7-11)6-9-4-3-5-13-10(9)12-2/h3-6H,2,7,11H2,1H3/b8-6+. The fourth-order valence-corrected chi connectivity index (χ4v) is 0.979. The van der Waals surface area contributed by atoms with Crippen molar-refractivity contribution >= 4 is 18.6 Å². The summed E-state index contributed by atoms with van der Waals surface area (Å²) >= 11 is 0. The van der Waals surface area contributed by atoms with Crippen molar-refractivity contribution in [2.24, 2.45) is 10.7 Å². The minimum atomic E-state index is 0.547. The van der Waals surface area contributed by atoms with Gasteiger partial charge in [0.15, 0.2) is 5.82 Å². The van der Waals surface area contributed by atoms with E-state index in [2.05, 4.69) is 16.7 Å². The topological polar surface area (TPSA) is 51.3 Å². The van der Waals surface area contributed by atoms with Gasteiger partial charge in [-0.05, 0) is 25.8 Å². The fraction of sp³-hybridized carbons (Fsp3) is 0.200. The fourth-order valence-electron chi connectivity index (χ4n) is 0.979. The highest BCUT2D eigenvalue weighted by molar-refractivity contribution is 5.63. The van der Waals surface area contributed by atoms with Crippen LogP contribution in [0.3, 0.4) is 0 Å². The molecule has 68 valence electrons. The van der Waals surface area contributed by atoms with Crippen molar-refractivity contribution in [2.75, 3.05) is 6.54 Å². The Morgan fingerprint density at radius 3 is 3.15 bits per heavy atom. The Morgan fingerprint density at radius 2 is 2.54 bits per heavy atom. The highest BCUT2D eigenvalue weighted by Crippen LogP contribution is 2.17. The molecule has 0 saturated carbocycles. The molecule has 3 nitrogen and oxygen atoms in total. The smallest absolute Gasteiger partial charge is 0.158 e. The van der Waals surface area contributed by atoms with Crippen LogP contribution in [0, 0.1) is 0 Å². The quantitative estimate of drug-likeness (QED) is 0.712. The van der Waals surface area contributed by atoms with E-state index in [4.69, 9.17) is 5.73 Å². The maximum Gasteiger partial charge on any atom is 0.158 e. The summed E-state index contributed by atoms with van der Waals surface area (Å²) in [7, 11) is 0. The maximum absolute atomic E-state index is 5.48. The van der Waals surface area contributed by atoms with Gasteiger partial charge in [-0.3, -0.25) is 0 Å². The molecule has 13 heavy (non-hydrogen) atoms. The normalized spacial score (nSPS) is 11.4. The number of rotatable bonds is 3. The van der Waals surface area contributed by atoms with Crippen LogP contribution in [-0.4, -0.2) is 18.2 Å². The first-order valence-electron chi connectivity index (χ1n) is 4.07. The van der Waals surface area contributed by atoms with E-state index < -0.39 is 0 Å². The Morgan fingerprint density at radius 1 is 1.77 bits per heavy atom. The van der Waals surface area contributed by atoms with E-state index in [1.165, 1.54) is 0 Å². The van der Waals surface area contributed by atoms with Crippen molar-refractivity contribution in [2.45, 2.75) is 6.92 Å². The van der Waals surface area contributed by atoms with Gasteiger partial charge in [-0.15, -0.1) is 0 Å².